The van der Waals surface area contributed by atoms with Crippen LogP contribution < -0.4 is 10.1 Å². The average molecular weight is 486 g/mol. The maximum absolute atomic E-state index is 12.8. The Kier molecular flexibility index (Phi) is 11.4. The summed E-state index contributed by atoms with van der Waals surface area (Å²) in [6.45, 7) is 2.32. The van der Waals surface area contributed by atoms with Crippen LogP contribution in [0.4, 0.5) is 0 Å². The van der Waals surface area contributed by atoms with Crippen molar-refractivity contribution in [2.24, 2.45) is 0 Å². The van der Waals surface area contributed by atoms with E-state index in [2.05, 4.69) is 17.3 Å². The third-order valence-corrected chi connectivity index (χ3v) is 5.61. The lowest BCUT2D eigenvalue weighted by Crippen LogP contribution is -2.52. The zero-order chi connectivity index (χ0) is 25.8. The number of nitrogens with zero attached hydrogens (tertiary/aromatic N) is 2. The Labute approximate surface area is 206 Å². The molecule has 2 amide bonds. The van der Waals surface area contributed by atoms with Crippen molar-refractivity contribution in [1.82, 2.24) is 15.1 Å². The van der Waals surface area contributed by atoms with Crippen LogP contribution in [0.15, 0.2) is 48.5 Å². The fraction of sp³-hybridized carbons (Fsp3) is 0.423. The molecule has 0 saturated heterocycles. The van der Waals surface area contributed by atoms with Crippen LogP contribution in [-0.4, -0.2) is 99.7 Å². The summed E-state index contributed by atoms with van der Waals surface area (Å²) in [6.07, 6.45) is 0.913. The summed E-state index contributed by atoms with van der Waals surface area (Å²) < 4.78 is 10.9. The van der Waals surface area contributed by atoms with E-state index >= 15 is 0 Å². The predicted octanol–water partition coefficient (Wildman–Crippen LogP) is 1.45. The number of benzene rings is 2. The topological polar surface area (TPSA) is 108 Å². The molecule has 2 N–H and O–H groups in total. The van der Waals surface area contributed by atoms with E-state index in [-0.39, 0.29) is 0 Å². The molecule has 0 heterocycles. The highest BCUT2D eigenvalue weighted by molar-refractivity contribution is 6.10. The molecule has 0 saturated carbocycles. The van der Waals surface area contributed by atoms with Crippen molar-refractivity contribution in [3.05, 3.63) is 54.1 Å². The van der Waals surface area contributed by atoms with Gasteiger partial charge in [-0.3, -0.25) is 14.4 Å². The van der Waals surface area contributed by atoms with E-state index in [0.717, 1.165) is 41.3 Å². The van der Waals surface area contributed by atoms with Crippen molar-refractivity contribution in [2.75, 3.05) is 61.2 Å². The molecule has 2 rings (SSSR count). The largest absolute Gasteiger partial charge is 0.494 e. The zero-order valence-electron chi connectivity index (χ0n) is 20.8. The molecule has 0 aromatic heterocycles. The standard InChI is InChI=1S/C26H35N3O6/c1-27-25(32)24(23(31)18-30)29(3)26(33)21-8-6-19(7-9-21)20-10-12-22(13-11-20)35-16-5-14-28(2)15-17-34-4/h6-13,24,30H,5,14-18H2,1-4H3,(H,27,32). The number of amides is 2. The first kappa shape index (κ1) is 28.0. The average Bonchev–Trinajstić information content (AvgIpc) is 2.89. The molecule has 0 fully saturated rings. The summed E-state index contributed by atoms with van der Waals surface area (Å²) in [5.74, 6) is -1.12. The Morgan fingerprint density at radius 2 is 1.54 bits per heavy atom. The highest BCUT2D eigenvalue weighted by atomic mass is 16.5. The SMILES string of the molecule is CNC(=O)C(C(=O)CO)N(C)C(=O)c1ccc(-c2ccc(OCCCN(C)CCOC)cc2)cc1. The number of likely N-dealkylation sites (N-methyl/N-ethyl adjacent to an activating group) is 3. The Morgan fingerprint density at radius 1 is 0.943 bits per heavy atom. The van der Waals surface area contributed by atoms with Crippen LogP contribution in [0.25, 0.3) is 11.1 Å². The van der Waals surface area contributed by atoms with Gasteiger partial charge in [-0.2, -0.15) is 0 Å². The Balaban J connectivity index is 1.96. The number of carbonyl (C=O) groups excluding carboxylic acids is 3. The third kappa shape index (κ3) is 8.17. The first-order chi connectivity index (χ1) is 16.8. The molecule has 0 aliphatic rings. The summed E-state index contributed by atoms with van der Waals surface area (Å²) in [5, 5.41) is 11.5. The van der Waals surface area contributed by atoms with Crippen LogP contribution in [0.1, 0.15) is 16.8 Å². The molecular formula is C26H35N3O6. The van der Waals surface area contributed by atoms with E-state index in [0.29, 0.717) is 18.8 Å². The molecule has 1 atom stereocenters. The van der Waals surface area contributed by atoms with Crippen molar-refractivity contribution in [3.8, 4) is 16.9 Å². The maximum atomic E-state index is 12.8. The second-order valence-corrected chi connectivity index (χ2v) is 8.16. The number of aliphatic hydroxyl groups is 1. The minimum Gasteiger partial charge on any atom is -0.494 e. The van der Waals surface area contributed by atoms with E-state index in [1.165, 1.54) is 14.1 Å². The first-order valence-corrected chi connectivity index (χ1v) is 11.5. The lowest BCUT2D eigenvalue weighted by Gasteiger charge is -2.25. The fourth-order valence-corrected chi connectivity index (χ4v) is 3.51. The van der Waals surface area contributed by atoms with Crippen LogP contribution in [0.5, 0.6) is 5.75 Å². The van der Waals surface area contributed by atoms with E-state index in [9.17, 15) is 14.4 Å². The molecule has 0 aliphatic carbocycles. The Bertz CT molecular complexity index is 946. The molecule has 0 radical (unpaired) electrons. The van der Waals surface area contributed by atoms with Crippen LogP contribution in [0, 0.1) is 0 Å². The molecule has 0 aliphatic heterocycles. The molecule has 35 heavy (non-hydrogen) atoms. The van der Waals surface area contributed by atoms with Gasteiger partial charge in [-0.05, 0) is 48.9 Å². The number of rotatable bonds is 14. The molecule has 0 bridgehead atoms. The minimum absolute atomic E-state index is 0.325. The molecule has 190 valence electrons. The first-order valence-electron chi connectivity index (χ1n) is 11.5. The summed E-state index contributed by atoms with van der Waals surface area (Å²) in [7, 11) is 6.48. The van der Waals surface area contributed by atoms with Crippen LogP contribution in [-0.2, 0) is 14.3 Å². The maximum Gasteiger partial charge on any atom is 0.254 e. The van der Waals surface area contributed by atoms with Crippen molar-refractivity contribution >= 4 is 17.6 Å². The lowest BCUT2D eigenvalue weighted by molar-refractivity contribution is -0.135. The predicted molar refractivity (Wildman–Crippen MR) is 133 cm³/mol. The van der Waals surface area contributed by atoms with Crippen molar-refractivity contribution in [2.45, 2.75) is 12.5 Å². The van der Waals surface area contributed by atoms with E-state index in [4.69, 9.17) is 14.6 Å². The lowest BCUT2D eigenvalue weighted by atomic mass is 10.0. The summed E-state index contributed by atoms with van der Waals surface area (Å²) >= 11 is 0. The van der Waals surface area contributed by atoms with Crippen LogP contribution >= 0.6 is 0 Å². The fourth-order valence-electron chi connectivity index (χ4n) is 3.51. The molecule has 0 spiro atoms. The smallest absolute Gasteiger partial charge is 0.254 e. The number of aliphatic hydroxyl groups excluding tert-OH is 1. The van der Waals surface area contributed by atoms with Gasteiger partial charge in [0.1, 0.15) is 12.4 Å². The van der Waals surface area contributed by atoms with E-state index in [1.807, 2.05) is 24.3 Å². The van der Waals surface area contributed by atoms with Gasteiger partial charge in [0, 0.05) is 39.9 Å². The highest BCUT2D eigenvalue weighted by Gasteiger charge is 2.32. The number of hydrogen-bond acceptors (Lipinski definition) is 7. The van der Waals surface area contributed by atoms with Gasteiger partial charge in [0.15, 0.2) is 11.8 Å². The van der Waals surface area contributed by atoms with Crippen molar-refractivity contribution < 1.29 is 29.0 Å². The number of ketones is 1. The van der Waals surface area contributed by atoms with Gasteiger partial charge in [-0.1, -0.05) is 24.3 Å². The van der Waals surface area contributed by atoms with Gasteiger partial charge in [0.05, 0.1) is 13.2 Å². The summed E-state index contributed by atoms with van der Waals surface area (Å²) in [5.41, 5.74) is 2.19. The monoisotopic (exact) mass is 485 g/mol. The Hall–Kier alpha value is -3.27. The molecule has 9 nitrogen and oxygen atoms in total. The number of Topliss-reactive ketones (excluding diaryl/α,β-unsaturated/α-hetero) is 1. The third-order valence-electron chi connectivity index (χ3n) is 5.61. The second-order valence-electron chi connectivity index (χ2n) is 8.16. The summed E-state index contributed by atoms with van der Waals surface area (Å²) in [4.78, 5) is 40.1. The van der Waals surface area contributed by atoms with Crippen molar-refractivity contribution in [1.29, 1.82) is 0 Å². The molecule has 2 aromatic rings. The second kappa shape index (κ2) is 14.2. The number of hydrogen-bond donors (Lipinski definition) is 2. The number of nitrogens with one attached hydrogen (secondary N) is 1. The quantitative estimate of drug-likeness (QED) is 0.308. The van der Waals surface area contributed by atoms with Gasteiger partial charge in [0.25, 0.3) is 5.91 Å². The molecule has 1 unspecified atom stereocenters. The number of methoxy groups -OCH3 is 1. The van der Waals surface area contributed by atoms with Gasteiger partial charge in [-0.15, -0.1) is 0 Å². The van der Waals surface area contributed by atoms with Crippen LogP contribution in [0.2, 0.25) is 0 Å². The number of carbonyl (C=O) groups is 3. The minimum atomic E-state index is -1.39. The van der Waals surface area contributed by atoms with Gasteiger partial charge < -0.3 is 29.7 Å². The highest BCUT2D eigenvalue weighted by Crippen LogP contribution is 2.23. The van der Waals surface area contributed by atoms with Crippen molar-refractivity contribution in [3.63, 3.8) is 0 Å². The molecule has 2 aromatic carbocycles. The zero-order valence-corrected chi connectivity index (χ0v) is 20.8. The van der Waals surface area contributed by atoms with E-state index < -0.39 is 30.2 Å². The van der Waals surface area contributed by atoms with Gasteiger partial charge in [-0.25, -0.2) is 0 Å². The molecular weight excluding hydrogens is 450 g/mol. The van der Waals surface area contributed by atoms with Crippen LogP contribution in [0.3, 0.4) is 0 Å². The number of ether oxygens (including phenoxy) is 2. The molecule has 9 heteroatoms. The van der Waals surface area contributed by atoms with Gasteiger partial charge >= 0.3 is 0 Å². The summed E-state index contributed by atoms with van der Waals surface area (Å²) in [6, 6.07) is 13.2. The van der Waals surface area contributed by atoms with Gasteiger partial charge in [0.2, 0.25) is 5.91 Å². The Morgan fingerprint density at radius 3 is 2.09 bits per heavy atom. The van der Waals surface area contributed by atoms with E-state index in [1.54, 1.807) is 31.4 Å². The normalized spacial score (nSPS) is 11.7.